The summed E-state index contributed by atoms with van der Waals surface area (Å²) in [5.74, 6) is 0.401. The van der Waals surface area contributed by atoms with Crippen LogP contribution < -0.4 is 10.1 Å². The second-order valence-corrected chi connectivity index (χ2v) is 9.63. The number of carbonyl (C=O) groups is 1. The Labute approximate surface area is 222 Å². The molecule has 6 nitrogen and oxygen atoms in total. The van der Waals surface area contributed by atoms with Crippen molar-refractivity contribution >= 4 is 40.0 Å². The van der Waals surface area contributed by atoms with Crippen LogP contribution in [0.4, 0.5) is 5.69 Å². The number of aromatic nitrogens is 2. The largest absolute Gasteiger partial charge is 0.432 e. The van der Waals surface area contributed by atoms with E-state index >= 15 is 0 Å². The third kappa shape index (κ3) is 6.12. The minimum Gasteiger partial charge on any atom is -0.432 e. The molecule has 1 amide bonds. The predicted molar refractivity (Wildman–Crippen MR) is 151 cm³/mol. The number of anilines is 1. The molecule has 0 radical (unpaired) electrons. The number of carbonyl (C=O) groups excluding carboxylic acids is 1. The van der Waals surface area contributed by atoms with Gasteiger partial charge in [0.25, 0.3) is 11.1 Å². The van der Waals surface area contributed by atoms with Gasteiger partial charge < -0.3 is 15.0 Å². The third-order valence-electron chi connectivity index (χ3n) is 6.44. The lowest BCUT2D eigenvalue weighted by Gasteiger charge is -2.24. The van der Waals surface area contributed by atoms with Gasteiger partial charge >= 0.3 is 0 Å². The highest BCUT2D eigenvalue weighted by Crippen LogP contribution is 2.23. The van der Waals surface area contributed by atoms with Crippen LogP contribution in [0, 0.1) is 0 Å². The maximum Gasteiger partial charge on any atom is 0.265 e. The lowest BCUT2D eigenvalue weighted by atomic mass is 10.0. The number of benzene rings is 3. The minimum absolute atomic E-state index is 0.198. The molecule has 5 rings (SSSR count). The van der Waals surface area contributed by atoms with Crippen LogP contribution in [0.1, 0.15) is 53.5 Å². The number of ether oxygens (including phenoxy) is 1. The van der Waals surface area contributed by atoms with E-state index in [0.717, 1.165) is 54.6 Å². The van der Waals surface area contributed by atoms with Crippen molar-refractivity contribution in [1.29, 1.82) is 0 Å². The van der Waals surface area contributed by atoms with Gasteiger partial charge in [-0.1, -0.05) is 37.3 Å². The Morgan fingerprint density at radius 2 is 1.65 bits per heavy atom. The van der Waals surface area contributed by atoms with Crippen molar-refractivity contribution < 1.29 is 9.53 Å². The van der Waals surface area contributed by atoms with Crippen LogP contribution in [0.15, 0.2) is 72.8 Å². The molecule has 0 bridgehead atoms. The fourth-order valence-electron chi connectivity index (χ4n) is 4.54. The second kappa shape index (κ2) is 11.5. The van der Waals surface area contributed by atoms with Crippen LogP contribution in [0.25, 0.3) is 11.0 Å². The first kappa shape index (κ1) is 24.8. The molecule has 0 saturated carbocycles. The van der Waals surface area contributed by atoms with Crippen LogP contribution in [-0.2, 0) is 19.4 Å². The Bertz CT molecular complexity index is 1410. The van der Waals surface area contributed by atoms with Crippen molar-refractivity contribution in [2.45, 2.75) is 45.6 Å². The zero-order valence-corrected chi connectivity index (χ0v) is 21.8. The number of aryl methyl sites for hydroxylation is 2. The standard InChI is InChI=1S/C30H30N4O2S/c1-2-18-34(20-21-8-4-3-5-9-21)30(37)36-24-15-12-22(13-16-24)29(35)31-23-14-17-27-28(19-23)33-26-11-7-6-10-25(26)32-27/h3-5,8-9,12-17,19H,2,6-7,10-11,18,20H2,1H3,(H,31,35). The molecule has 0 fully saturated rings. The summed E-state index contributed by atoms with van der Waals surface area (Å²) in [5.41, 5.74) is 6.26. The lowest BCUT2D eigenvalue weighted by molar-refractivity contribution is 0.102. The molecule has 0 unspecified atom stereocenters. The van der Waals surface area contributed by atoms with Gasteiger partial charge in [0.2, 0.25) is 0 Å². The summed E-state index contributed by atoms with van der Waals surface area (Å²) in [6.45, 7) is 3.60. The number of nitrogens with zero attached hydrogens (tertiary/aromatic N) is 3. The van der Waals surface area contributed by atoms with E-state index in [0.29, 0.717) is 28.7 Å². The summed E-state index contributed by atoms with van der Waals surface area (Å²) in [6.07, 6.45) is 5.23. The van der Waals surface area contributed by atoms with Crippen LogP contribution in [0.3, 0.4) is 0 Å². The fraction of sp³-hybridized carbons (Fsp3) is 0.267. The number of rotatable bonds is 7. The van der Waals surface area contributed by atoms with Crippen LogP contribution >= 0.6 is 12.2 Å². The summed E-state index contributed by atoms with van der Waals surface area (Å²) in [5, 5.41) is 3.39. The molecule has 0 atom stereocenters. The lowest BCUT2D eigenvalue weighted by Crippen LogP contribution is -2.33. The van der Waals surface area contributed by atoms with Crippen LogP contribution in [0.5, 0.6) is 5.75 Å². The number of hydrogen-bond donors (Lipinski definition) is 1. The van der Waals surface area contributed by atoms with E-state index in [1.54, 1.807) is 24.3 Å². The summed E-state index contributed by atoms with van der Waals surface area (Å²) in [7, 11) is 0. The van der Waals surface area contributed by atoms with E-state index in [4.69, 9.17) is 26.9 Å². The van der Waals surface area contributed by atoms with Crippen LogP contribution in [0.2, 0.25) is 0 Å². The molecule has 0 aliphatic heterocycles. The molecule has 3 aromatic carbocycles. The van der Waals surface area contributed by atoms with Crippen molar-refractivity contribution in [2.75, 3.05) is 11.9 Å². The van der Waals surface area contributed by atoms with Gasteiger partial charge in [-0.2, -0.15) is 0 Å². The maximum absolute atomic E-state index is 12.9. The molecule has 1 heterocycles. The first-order valence-corrected chi connectivity index (χ1v) is 13.2. The zero-order chi connectivity index (χ0) is 25.6. The molecular weight excluding hydrogens is 480 g/mol. The van der Waals surface area contributed by atoms with E-state index < -0.39 is 0 Å². The summed E-state index contributed by atoms with van der Waals surface area (Å²) in [4.78, 5) is 24.5. The highest BCUT2D eigenvalue weighted by atomic mass is 32.1. The average molecular weight is 511 g/mol. The third-order valence-corrected chi connectivity index (χ3v) is 6.79. The topological polar surface area (TPSA) is 67.3 Å². The molecule has 0 spiro atoms. The van der Waals surface area contributed by atoms with Gasteiger partial charge in [0.15, 0.2) is 0 Å². The Morgan fingerprint density at radius 3 is 2.35 bits per heavy atom. The van der Waals surface area contributed by atoms with Gasteiger partial charge in [0.1, 0.15) is 5.75 Å². The van der Waals surface area contributed by atoms with Gasteiger partial charge in [0, 0.05) is 24.3 Å². The first-order chi connectivity index (χ1) is 18.1. The number of amides is 1. The Hall–Kier alpha value is -3.84. The molecule has 188 valence electrons. The molecule has 1 aromatic heterocycles. The number of fused-ring (bicyclic) bond motifs is 2. The van der Waals surface area contributed by atoms with Crippen molar-refractivity contribution in [2.24, 2.45) is 0 Å². The van der Waals surface area contributed by atoms with Gasteiger partial charge in [-0.05, 0) is 92.4 Å². The normalized spacial score (nSPS) is 12.6. The smallest absolute Gasteiger partial charge is 0.265 e. The first-order valence-electron chi connectivity index (χ1n) is 12.8. The maximum atomic E-state index is 12.9. The second-order valence-electron chi connectivity index (χ2n) is 9.28. The molecular formula is C30H30N4O2S. The average Bonchev–Trinajstić information content (AvgIpc) is 2.92. The summed E-state index contributed by atoms with van der Waals surface area (Å²) < 4.78 is 5.96. The zero-order valence-electron chi connectivity index (χ0n) is 20.9. The predicted octanol–water partition coefficient (Wildman–Crippen LogP) is 6.34. The summed E-state index contributed by atoms with van der Waals surface area (Å²) >= 11 is 5.58. The van der Waals surface area contributed by atoms with E-state index in [1.807, 2.05) is 41.3 Å². The van der Waals surface area contributed by atoms with Gasteiger partial charge in [-0.15, -0.1) is 0 Å². The fourth-order valence-corrected chi connectivity index (χ4v) is 4.79. The Balaban J connectivity index is 1.23. The highest BCUT2D eigenvalue weighted by Gasteiger charge is 2.15. The van der Waals surface area contributed by atoms with E-state index in [1.165, 1.54) is 12.0 Å². The quantitative estimate of drug-likeness (QED) is 0.293. The van der Waals surface area contributed by atoms with Crippen molar-refractivity contribution in [3.63, 3.8) is 0 Å². The molecule has 1 aliphatic carbocycles. The molecule has 0 saturated heterocycles. The van der Waals surface area contributed by atoms with Gasteiger partial charge in [-0.3, -0.25) is 4.79 Å². The molecule has 1 aliphatic rings. The number of thiocarbonyl (C=S) groups is 1. The van der Waals surface area contributed by atoms with E-state index in [9.17, 15) is 4.79 Å². The van der Waals surface area contributed by atoms with Crippen molar-refractivity contribution in [1.82, 2.24) is 14.9 Å². The van der Waals surface area contributed by atoms with Gasteiger partial charge in [0.05, 0.1) is 22.4 Å². The van der Waals surface area contributed by atoms with Crippen molar-refractivity contribution in [3.8, 4) is 5.75 Å². The molecule has 37 heavy (non-hydrogen) atoms. The summed E-state index contributed by atoms with van der Waals surface area (Å²) in [6, 6.07) is 22.9. The monoisotopic (exact) mass is 510 g/mol. The Morgan fingerprint density at radius 1 is 0.946 bits per heavy atom. The Kier molecular flexibility index (Phi) is 7.70. The molecule has 1 N–H and O–H groups in total. The van der Waals surface area contributed by atoms with E-state index in [-0.39, 0.29) is 5.91 Å². The number of hydrogen-bond acceptors (Lipinski definition) is 5. The van der Waals surface area contributed by atoms with E-state index in [2.05, 4.69) is 24.4 Å². The minimum atomic E-state index is -0.198. The molecule has 4 aromatic rings. The SMILES string of the molecule is CCCN(Cc1ccccc1)C(=S)Oc1ccc(C(=O)Nc2ccc3nc4c(nc3c2)CCCC4)cc1. The van der Waals surface area contributed by atoms with Crippen molar-refractivity contribution in [3.05, 3.63) is 95.3 Å². The van der Waals surface area contributed by atoms with Crippen LogP contribution in [-0.4, -0.2) is 32.5 Å². The highest BCUT2D eigenvalue weighted by molar-refractivity contribution is 7.80. The van der Waals surface area contributed by atoms with Gasteiger partial charge in [-0.25, -0.2) is 9.97 Å². The number of nitrogens with one attached hydrogen (secondary N) is 1. The molecule has 7 heteroatoms.